The van der Waals surface area contributed by atoms with Crippen LogP contribution in [-0.2, 0) is 65.4 Å². The van der Waals surface area contributed by atoms with Crippen LogP contribution >= 0.6 is 15.6 Å². The third-order valence-electron chi connectivity index (χ3n) is 16.7. The van der Waals surface area contributed by atoms with Gasteiger partial charge in [-0.25, -0.2) is 9.13 Å². The Bertz CT molecular complexity index is 1870. The molecule has 0 saturated carbocycles. The third kappa shape index (κ3) is 67.9. The van der Waals surface area contributed by atoms with Crippen LogP contribution < -0.4 is 0 Å². The number of phosphoric ester groups is 2. The number of allylic oxidation sites excluding steroid dienone is 4. The van der Waals surface area contributed by atoms with Crippen LogP contribution in [-0.4, -0.2) is 96.7 Å². The minimum atomic E-state index is -4.96. The highest BCUT2D eigenvalue weighted by Gasteiger charge is 2.30. The van der Waals surface area contributed by atoms with E-state index in [-0.39, 0.29) is 25.7 Å². The number of aliphatic hydroxyl groups excluding tert-OH is 1. The first-order chi connectivity index (χ1) is 45.2. The molecule has 0 aliphatic carbocycles. The summed E-state index contributed by atoms with van der Waals surface area (Å²) < 4.78 is 68.3. The molecule has 19 heteroatoms. The minimum absolute atomic E-state index is 0.102. The second-order valence-electron chi connectivity index (χ2n) is 26.0. The monoisotopic (exact) mass is 1360 g/mol. The summed E-state index contributed by atoms with van der Waals surface area (Å²) >= 11 is 0. The van der Waals surface area contributed by atoms with Gasteiger partial charge in [0.15, 0.2) is 12.2 Å². The Hall–Kier alpha value is -2.46. The van der Waals surface area contributed by atoms with E-state index in [0.29, 0.717) is 25.7 Å². The van der Waals surface area contributed by atoms with E-state index in [4.69, 9.17) is 37.0 Å². The average Bonchev–Trinajstić information content (AvgIpc) is 2.23. The second-order valence-corrected chi connectivity index (χ2v) is 28.9. The summed E-state index contributed by atoms with van der Waals surface area (Å²) in [5.74, 6) is -2.15. The molecule has 0 rings (SSSR count). The van der Waals surface area contributed by atoms with E-state index in [1.54, 1.807) is 0 Å². The van der Waals surface area contributed by atoms with Gasteiger partial charge in [0.1, 0.15) is 19.3 Å². The van der Waals surface area contributed by atoms with Crippen molar-refractivity contribution >= 4 is 39.5 Å². The third-order valence-corrected chi connectivity index (χ3v) is 18.6. The lowest BCUT2D eigenvalue weighted by molar-refractivity contribution is -0.161. The highest BCUT2D eigenvalue weighted by Crippen LogP contribution is 2.45. The largest absolute Gasteiger partial charge is 0.472 e. The summed E-state index contributed by atoms with van der Waals surface area (Å²) in [6.07, 6.45) is 60.6. The van der Waals surface area contributed by atoms with Crippen molar-refractivity contribution in [2.45, 2.75) is 386 Å². The number of hydrogen-bond donors (Lipinski definition) is 3. The lowest BCUT2D eigenvalue weighted by Gasteiger charge is -2.21. The first kappa shape index (κ1) is 90.5. The molecule has 17 nitrogen and oxygen atoms in total. The molecule has 0 radical (unpaired) electrons. The zero-order chi connectivity index (χ0) is 68.2. The average molecular weight is 1360 g/mol. The minimum Gasteiger partial charge on any atom is -0.462 e. The Morgan fingerprint density at radius 2 is 0.516 bits per heavy atom. The molecule has 0 aromatic rings. The number of carbonyl (C=O) groups excluding carboxylic acids is 4. The van der Waals surface area contributed by atoms with E-state index in [2.05, 4.69) is 52.0 Å². The fraction of sp³-hybridized carbons (Fsp3) is 0.892. The van der Waals surface area contributed by atoms with Crippen LogP contribution in [0.2, 0.25) is 0 Å². The zero-order valence-corrected chi connectivity index (χ0v) is 61.5. The smallest absolute Gasteiger partial charge is 0.462 e. The van der Waals surface area contributed by atoms with Gasteiger partial charge in [0.2, 0.25) is 0 Å². The summed E-state index contributed by atoms with van der Waals surface area (Å²) in [5.41, 5.74) is 0. The first-order valence-electron chi connectivity index (χ1n) is 38.1. The number of hydrogen-bond acceptors (Lipinski definition) is 15. The molecule has 0 heterocycles. The number of unbranched alkanes of at least 4 members (excludes halogenated alkanes) is 44. The van der Waals surface area contributed by atoms with Gasteiger partial charge in [-0.05, 0) is 51.4 Å². The number of ether oxygens (including phenoxy) is 4. The molecule has 0 aromatic carbocycles. The molecule has 0 aliphatic heterocycles. The van der Waals surface area contributed by atoms with Crippen LogP contribution in [0.25, 0.3) is 0 Å². The Morgan fingerprint density at radius 1 is 0.301 bits per heavy atom. The molecule has 548 valence electrons. The molecule has 93 heavy (non-hydrogen) atoms. The quantitative estimate of drug-likeness (QED) is 0.0169. The standard InChI is InChI=1S/C74H140O17P2/c1-5-9-13-17-21-25-28-30-32-33-34-35-36-38-40-42-45-49-53-57-61-74(79)91-70(65-85-72(77)59-55-51-47-44-41-39-37-31-29-26-22-18-14-10-6-2)67-89-93(82,83)87-63-68(75)62-86-92(80,81)88-66-69(64-84-71(76)58-54-50-46-24-20-16-12-8-4)90-73(78)60-56-52-48-43-27-23-19-15-11-7-3/h26,29,31,37,68-70,75H,5-25,27-28,30,32-36,38-67H2,1-4H3,(H,80,81)(H,82,83)/b29-26-,37-31-/t68-,69+,70+/m0/s1. The highest BCUT2D eigenvalue weighted by atomic mass is 31.2. The normalized spacial score (nSPS) is 14.1. The van der Waals surface area contributed by atoms with Gasteiger partial charge in [-0.1, -0.05) is 315 Å². The molecule has 0 bridgehead atoms. The van der Waals surface area contributed by atoms with Crippen molar-refractivity contribution in [3.8, 4) is 0 Å². The molecule has 0 aromatic heterocycles. The number of phosphoric acid groups is 2. The topological polar surface area (TPSA) is 237 Å². The van der Waals surface area contributed by atoms with Gasteiger partial charge < -0.3 is 33.8 Å². The Balaban J connectivity index is 5.21. The van der Waals surface area contributed by atoms with E-state index in [0.717, 1.165) is 116 Å². The fourth-order valence-corrected chi connectivity index (χ4v) is 12.4. The van der Waals surface area contributed by atoms with Crippen LogP contribution in [0.3, 0.4) is 0 Å². The van der Waals surface area contributed by atoms with Crippen LogP contribution in [0.5, 0.6) is 0 Å². The summed E-state index contributed by atoms with van der Waals surface area (Å²) in [6, 6.07) is 0. The van der Waals surface area contributed by atoms with Crippen LogP contribution in [0.1, 0.15) is 368 Å². The van der Waals surface area contributed by atoms with Gasteiger partial charge in [0.25, 0.3) is 0 Å². The van der Waals surface area contributed by atoms with Gasteiger partial charge in [-0.2, -0.15) is 0 Å². The second kappa shape index (κ2) is 68.1. The van der Waals surface area contributed by atoms with Crippen molar-refractivity contribution in [2.75, 3.05) is 39.6 Å². The predicted octanol–water partition coefficient (Wildman–Crippen LogP) is 21.4. The van der Waals surface area contributed by atoms with E-state index in [1.165, 1.54) is 173 Å². The molecule has 0 saturated heterocycles. The van der Waals surface area contributed by atoms with Gasteiger partial charge in [-0.15, -0.1) is 0 Å². The fourth-order valence-electron chi connectivity index (χ4n) is 10.9. The summed E-state index contributed by atoms with van der Waals surface area (Å²) in [6.45, 7) is 4.87. The van der Waals surface area contributed by atoms with E-state index in [1.807, 2.05) is 0 Å². The van der Waals surface area contributed by atoms with Gasteiger partial charge in [0.05, 0.1) is 26.4 Å². The summed E-state index contributed by atoms with van der Waals surface area (Å²) in [7, 11) is -9.91. The maximum Gasteiger partial charge on any atom is 0.472 e. The van der Waals surface area contributed by atoms with Crippen molar-refractivity contribution in [1.82, 2.24) is 0 Å². The molecule has 0 aliphatic rings. The molecule has 3 N–H and O–H groups in total. The maximum absolute atomic E-state index is 13.1. The van der Waals surface area contributed by atoms with Gasteiger partial charge in [0, 0.05) is 25.7 Å². The number of esters is 4. The van der Waals surface area contributed by atoms with E-state index >= 15 is 0 Å². The van der Waals surface area contributed by atoms with Crippen LogP contribution in [0.15, 0.2) is 24.3 Å². The lowest BCUT2D eigenvalue weighted by atomic mass is 10.0. The van der Waals surface area contributed by atoms with E-state index in [9.17, 15) is 43.2 Å². The maximum atomic E-state index is 13.1. The predicted molar refractivity (Wildman–Crippen MR) is 377 cm³/mol. The van der Waals surface area contributed by atoms with Crippen molar-refractivity contribution in [3.63, 3.8) is 0 Å². The van der Waals surface area contributed by atoms with Crippen molar-refractivity contribution in [3.05, 3.63) is 24.3 Å². The molecule has 0 amide bonds. The Kier molecular flexibility index (Phi) is 66.3. The molecule has 0 spiro atoms. The highest BCUT2D eigenvalue weighted by molar-refractivity contribution is 7.47. The van der Waals surface area contributed by atoms with Crippen molar-refractivity contribution in [1.29, 1.82) is 0 Å². The molecule has 0 fully saturated rings. The van der Waals surface area contributed by atoms with Crippen LogP contribution in [0.4, 0.5) is 0 Å². The summed E-state index contributed by atoms with van der Waals surface area (Å²) in [5, 5.41) is 10.6. The molecule has 2 unspecified atom stereocenters. The summed E-state index contributed by atoms with van der Waals surface area (Å²) in [4.78, 5) is 72.5. The van der Waals surface area contributed by atoms with Gasteiger partial charge >= 0.3 is 39.5 Å². The molecule has 5 atom stereocenters. The Labute approximate surface area is 567 Å². The number of aliphatic hydroxyl groups is 1. The first-order valence-corrected chi connectivity index (χ1v) is 41.1. The number of rotatable bonds is 73. The van der Waals surface area contributed by atoms with Gasteiger partial charge in [-0.3, -0.25) is 37.3 Å². The van der Waals surface area contributed by atoms with Crippen LogP contribution in [0, 0.1) is 0 Å². The number of carbonyl (C=O) groups is 4. The SMILES string of the molecule is CCCCCC/C=C\C=C/CCCCCCCC(=O)OC[C@H](COP(=O)(O)OC[C@@H](O)COP(=O)(O)OC[C@@H](COC(=O)CCCCCCCCCC)OC(=O)CCCCCCCCCCCC)OC(=O)CCCCCCCCCCCCCCCCCCCCCC. The molecular weight excluding hydrogens is 1220 g/mol. The van der Waals surface area contributed by atoms with Crippen molar-refractivity contribution in [2.24, 2.45) is 0 Å². The zero-order valence-electron chi connectivity index (χ0n) is 59.7. The Morgan fingerprint density at radius 3 is 0.785 bits per heavy atom. The van der Waals surface area contributed by atoms with Crippen molar-refractivity contribution < 1.29 is 80.2 Å². The van der Waals surface area contributed by atoms with E-state index < -0.39 is 97.5 Å². The molecular formula is C74H140O17P2. The lowest BCUT2D eigenvalue weighted by Crippen LogP contribution is -2.30.